The second-order valence-corrected chi connectivity index (χ2v) is 7.35. The number of nitrogens with one attached hydrogen (secondary N) is 2. The Labute approximate surface area is 155 Å². The van der Waals surface area contributed by atoms with Crippen molar-refractivity contribution in [2.24, 2.45) is 0 Å². The van der Waals surface area contributed by atoms with Crippen molar-refractivity contribution in [3.8, 4) is 6.07 Å². The predicted octanol–water partition coefficient (Wildman–Crippen LogP) is 2.09. The number of aromatic nitrogens is 1. The molecule has 0 saturated carbocycles. The van der Waals surface area contributed by atoms with Crippen LogP contribution < -0.4 is 10.0 Å². The number of carboxylic acids is 1. The minimum atomic E-state index is -4.48. The van der Waals surface area contributed by atoms with Crippen molar-refractivity contribution in [2.45, 2.75) is 25.7 Å². The summed E-state index contributed by atoms with van der Waals surface area (Å²) in [6.45, 7) is 4.72. The van der Waals surface area contributed by atoms with Crippen LogP contribution in [0, 0.1) is 32.1 Å². The van der Waals surface area contributed by atoms with Crippen LogP contribution in [-0.4, -0.2) is 30.5 Å². The topological polar surface area (TPSA) is 149 Å². The standard InChI is InChI=1S/C17H16N4O5S/c1-9-5-4-6-12(16(22)23)14(9)27(25,26)21-17(24)20-15-13(8-18)10(2)7-11(3)19-15/h4-7H,1-3H3,(H,22,23)(H2,19,20,21,24). The molecule has 0 atom stereocenters. The molecule has 3 N–H and O–H groups in total. The van der Waals surface area contributed by atoms with Gasteiger partial charge in [-0.1, -0.05) is 12.1 Å². The lowest BCUT2D eigenvalue weighted by Gasteiger charge is -2.13. The van der Waals surface area contributed by atoms with Crippen molar-refractivity contribution in [1.29, 1.82) is 5.26 Å². The van der Waals surface area contributed by atoms with Crippen LogP contribution in [0.2, 0.25) is 0 Å². The van der Waals surface area contributed by atoms with Gasteiger partial charge in [0.05, 0.1) is 11.1 Å². The molecule has 2 aromatic rings. The summed E-state index contributed by atoms with van der Waals surface area (Å²) in [6.07, 6.45) is 0. The molecule has 0 aliphatic carbocycles. The summed E-state index contributed by atoms with van der Waals surface area (Å²) in [5.41, 5.74) is 0.886. The molecule has 2 amide bonds. The lowest BCUT2D eigenvalue weighted by atomic mass is 10.1. The second kappa shape index (κ2) is 7.43. The van der Waals surface area contributed by atoms with Gasteiger partial charge in [-0.25, -0.2) is 27.7 Å². The number of aryl methyl sites for hydroxylation is 3. The number of rotatable bonds is 4. The van der Waals surface area contributed by atoms with Crippen LogP contribution in [0.4, 0.5) is 10.6 Å². The Morgan fingerprint density at radius 2 is 1.85 bits per heavy atom. The molecule has 1 heterocycles. The average molecular weight is 388 g/mol. The van der Waals surface area contributed by atoms with Crippen molar-refractivity contribution < 1.29 is 23.1 Å². The molecule has 10 heteroatoms. The molecule has 140 valence electrons. The largest absolute Gasteiger partial charge is 0.478 e. The number of pyridine rings is 1. The third-order valence-electron chi connectivity index (χ3n) is 3.63. The van der Waals surface area contributed by atoms with Gasteiger partial charge in [0.25, 0.3) is 10.0 Å². The van der Waals surface area contributed by atoms with E-state index in [0.29, 0.717) is 11.3 Å². The van der Waals surface area contributed by atoms with Gasteiger partial charge >= 0.3 is 12.0 Å². The first kappa shape index (κ1) is 19.9. The summed E-state index contributed by atoms with van der Waals surface area (Å²) < 4.78 is 26.8. The monoisotopic (exact) mass is 388 g/mol. The van der Waals surface area contributed by atoms with Gasteiger partial charge in [-0.2, -0.15) is 5.26 Å². The smallest absolute Gasteiger partial charge is 0.337 e. The summed E-state index contributed by atoms with van der Waals surface area (Å²) in [5, 5.41) is 20.6. The van der Waals surface area contributed by atoms with Crippen molar-refractivity contribution >= 4 is 27.8 Å². The van der Waals surface area contributed by atoms with Gasteiger partial charge in [0.1, 0.15) is 11.0 Å². The first-order valence-corrected chi connectivity index (χ1v) is 9.10. The molecule has 1 aromatic heterocycles. The Balaban J connectivity index is 2.38. The van der Waals surface area contributed by atoms with Gasteiger partial charge in [-0.3, -0.25) is 5.32 Å². The highest BCUT2D eigenvalue weighted by atomic mass is 32.2. The lowest BCUT2D eigenvalue weighted by molar-refractivity contribution is 0.0692. The number of carbonyl (C=O) groups is 2. The minimum Gasteiger partial charge on any atom is -0.478 e. The van der Waals surface area contributed by atoms with Crippen LogP contribution in [0.5, 0.6) is 0 Å². The van der Waals surface area contributed by atoms with Crippen molar-refractivity contribution in [1.82, 2.24) is 9.71 Å². The summed E-state index contributed by atoms with van der Waals surface area (Å²) in [6, 6.07) is 6.31. The highest BCUT2D eigenvalue weighted by molar-refractivity contribution is 7.90. The minimum absolute atomic E-state index is 0.0917. The van der Waals surface area contributed by atoms with Gasteiger partial charge < -0.3 is 5.11 Å². The number of sulfonamides is 1. The Hall–Kier alpha value is -3.45. The van der Waals surface area contributed by atoms with E-state index in [9.17, 15) is 28.4 Å². The van der Waals surface area contributed by atoms with Crippen LogP contribution >= 0.6 is 0 Å². The third kappa shape index (κ3) is 4.21. The van der Waals surface area contributed by atoms with Crippen molar-refractivity contribution in [3.63, 3.8) is 0 Å². The number of hydrogen-bond acceptors (Lipinski definition) is 6. The number of carboxylic acid groups (broad SMARTS) is 1. The van der Waals surface area contributed by atoms with E-state index < -0.39 is 32.5 Å². The van der Waals surface area contributed by atoms with Gasteiger partial charge in [0.15, 0.2) is 5.82 Å². The van der Waals surface area contributed by atoms with E-state index in [0.717, 1.165) is 6.07 Å². The number of benzene rings is 1. The molecular weight excluding hydrogens is 372 g/mol. The summed E-state index contributed by atoms with van der Waals surface area (Å²) in [7, 11) is -4.48. The van der Waals surface area contributed by atoms with E-state index in [4.69, 9.17) is 0 Å². The van der Waals surface area contributed by atoms with Crippen LogP contribution in [0.3, 0.4) is 0 Å². The molecule has 1 aromatic carbocycles. The van der Waals surface area contributed by atoms with Gasteiger partial charge in [0.2, 0.25) is 0 Å². The molecule has 0 aliphatic rings. The van der Waals surface area contributed by atoms with E-state index in [2.05, 4.69) is 10.3 Å². The maximum atomic E-state index is 12.5. The number of hydrogen-bond donors (Lipinski definition) is 3. The Morgan fingerprint density at radius 3 is 2.44 bits per heavy atom. The molecule has 0 aliphatic heterocycles. The zero-order valence-corrected chi connectivity index (χ0v) is 15.5. The van der Waals surface area contributed by atoms with Crippen LogP contribution in [0.15, 0.2) is 29.2 Å². The fourth-order valence-electron chi connectivity index (χ4n) is 2.55. The number of nitriles is 1. The van der Waals surface area contributed by atoms with Gasteiger partial charge in [0, 0.05) is 5.69 Å². The molecule has 0 radical (unpaired) electrons. The number of anilines is 1. The van der Waals surface area contributed by atoms with E-state index in [1.54, 1.807) is 24.6 Å². The number of aromatic carboxylic acids is 1. The highest BCUT2D eigenvalue weighted by Gasteiger charge is 2.26. The SMILES string of the molecule is Cc1cc(C)c(C#N)c(NC(=O)NS(=O)(=O)c2c(C)cccc2C(=O)O)n1. The molecular formula is C17H16N4O5S. The number of urea groups is 1. The summed E-state index contributed by atoms with van der Waals surface area (Å²) in [4.78, 5) is 27.0. The van der Waals surface area contributed by atoms with Gasteiger partial charge in [-0.05, 0) is 44.0 Å². The molecule has 0 fully saturated rings. The second-order valence-electron chi connectivity index (χ2n) is 5.73. The molecule has 27 heavy (non-hydrogen) atoms. The van der Waals surface area contributed by atoms with Crippen LogP contribution in [-0.2, 0) is 10.0 Å². The molecule has 0 spiro atoms. The fourth-order valence-corrected chi connectivity index (χ4v) is 3.89. The molecule has 9 nitrogen and oxygen atoms in total. The van der Waals surface area contributed by atoms with Crippen molar-refractivity contribution in [3.05, 3.63) is 52.2 Å². The fraction of sp³-hybridized carbons (Fsp3) is 0.176. The number of amides is 2. The van der Waals surface area contributed by atoms with Gasteiger partial charge in [-0.15, -0.1) is 0 Å². The average Bonchev–Trinajstić information content (AvgIpc) is 2.53. The summed E-state index contributed by atoms with van der Waals surface area (Å²) >= 11 is 0. The van der Waals surface area contributed by atoms with Crippen LogP contribution in [0.25, 0.3) is 0 Å². The molecule has 0 bridgehead atoms. The summed E-state index contributed by atoms with van der Waals surface area (Å²) in [5.74, 6) is -1.53. The lowest BCUT2D eigenvalue weighted by Crippen LogP contribution is -2.36. The van der Waals surface area contributed by atoms with Crippen molar-refractivity contribution in [2.75, 3.05) is 5.32 Å². The normalized spacial score (nSPS) is 10.7. The molecule has 0 saturated heterocycles. The number of nitrogens with zero attached hydrogens (tertiary/aromatic N) is 2. The Morgan fingerprint density at radius 1 is 1.19 bits per heavy atom. The zero-order chi connectivity index (χ0) is 20.4. The van der Waals surface area contributed by atoms with E-state index >= 15 is 0 Å². The van der Waals surface area contributed by atoms with E-state index in [1.165, 1.54) is 19.1 Å². The maximum absolute atomic E-state index is 12.5. The van der Waals surface area contributed by atoms with E-state index in [-0.39, 0.29) is 16.9 Å². The first-order valence-electron chi connectivity index (χ1n) is 7.62. The highest BCUT2D eigenvalue weighted by Crippen LogP contribution is 2.21. The molecule has 2 rings (SSSR count). The van der Waals surface area contributed by atoms with E-state index in [1.807, 2.05) is 6.07 Å². The third-order valence-corrected chi connectivity index (χ3v) is 5.16. The molecule has 0 unspecified atom stereocenters. The Bertz CT molecular complexity index is 1090. The van der Waals surface area contributed by atoms with Crippen LogP contribution in [0.1, 0.15) is 32.7 Å². The maximum Gasteiger partial charge on any atom is 0.337 e. The Kier molecular flexibility index (Phi) is 5.47. The number of carbonyl (C=O) groups excluding carboxylic acids is 1. The zero-order valence-electron chi connectivity index (χ0n) is 14.7. The first-order chi connectivity index (χ1) is 12.6. The quantitative estimate of drug-likeness (QED) is 0.726. The predicted molar refractivity (Wildman–Crippen MR) is 95.9 cm³/mol.